The molecule has 2 N–H and O–H groups in total. The number of hydrogen-bond donors (Lipinski definition) is 2. The highest BCUT2D eigenvalue weighted by molar-refractivity contribution is 5.83. The molecule has 3 unspecified atom stereocenters. The minimum Gasteiger partial charge on any atom is -0.468 e. The van der Waals surface area contributed by atoms with Crippen molar-refractivity contribution in [1.29, 1.82) is 0 Å². The molecule has 0 spiro atoms. The summed E-state index contributed by atoms with van der Waals surface area (Å²) in [5.74, 6) is -0.0514. The van der Waals surface area contributed by atoms with Crippen molar-refractivity contribution in [2.24, 2.45) is 5.92 Å². The summed E-state index contributed by atoms with van der Waals surface area (Å²) in [5, 5.41) is 6.00. The van der Waals surface area contributed by atoms with Crippen molar-refractivity contribution in [3.8, 4) is 0 Å². The summed E-state index contributed by atoms with van der Waals surface area (Å²) in [4.78, 5) is 23.7. The van der Waals surface area contributed by atoms with Crippen LogP contribution in [0.1, 0.15) is 53.9 Å². The smallest absolute Gasteiger partial charge is 0.322 e. The van der Waals surface area contributed by atoms with Crippen LogP contribution < -0.4 is 10.6 Å². The van der Waals surface area contributed by atoms with E-state index < -0.39 is 12.1 Å². The molecule has 0 aliphatic carbocycles. The molecule has 3 atom stereocenters. The largest absolute Gasteiger partial charge is 0.468 e. The first-order valence-corrected chi connectivity index (χ1v) is 7.46. The number of nitrogens with one attached hydrogen (secondary N) is 2. The minimum atomic E-state index is -0.442. The Hall–Kier alpha value is -1.10. The number of ether oxygens (including phenoxy) is 1. The molecule has 20 heavy (non-hydrogen) atoms. The van der Waals surface area contributed by atoms with E-state index in [-0.39, 0.29) is 17.9 Å². The van der Waals surface area contributed by atoms with E-state index >= 15 is 0 Å². The Bertz CT molecular complexity index is 305. The lowest BCUT2D eigenvalue weighted by atomic mass is 10.0. The number of hydrogen-bond acceptors (Lipinski definition) is 4. The Morgan fingerprint density at radius 2 is 1.75 bits per heavy atom. The second-order valence-corrected chi connectivity index (χ2v) is 5.79. The van der Waals surface area contributed by atoms with Crippen molar-refractivity contribution in [3.05, 3.63) is 0 Å². The average Bonchev–Trinajstić information content (AvgIpc) is 2.36. The maximum Gasteiger partial charge on any atom is 0.322 e. The van der Waals surface area contributed by atoms with E-state index in [4.69, 9.17) is 4.74 Å². The zero-order chi connectivity index (χ0) is 15.7. The van der Waals surface area contributed by atoms with Crippen molar-refractivity contribution < 1.29 is 14.3 Å². The summed E-state index contributed by atoms with van der Waals surface area (Å²) in [6, 6.07) is -0.710. The standard InChI is InChI=1S/C15H30N2O3/c1-7-8-11(4)16-14(18)12(5)17-13(9-10(2)3)15(19)20-6/h10-13,17H,7-9H2,1-6H3,(H,16,18). The number of methoxy groups -OCH3 is 1. The summed E-state index contributed by atoms with van der Waals surface area (Å²) in [6.45, 7) is 9.90. The van der Waals surface area contributed by atoms with E-state index in [0.717, 1.165) is 12.8 Å². The van der Waals surface area contributed by atoms with Crippen LogP contribution in [0.25, 0.3) is 0 Å². The van der Waals surface area contributed by atoms with Gasteiger partial charge in [0.1, 0.15) is 6.04 Å². The molecule has 0 aliphatic rings. The summed E-state index contributed by atoms with van der Waals surface area (Å²) in [6.07, 6.45) is 2.63. The minimum absolute atomic E-state index is 0.0800. The van der Waals surface area contributed by atoms with Gasteiger partial charge < -0.3 is 10.1 Å². The first kappa shape index (κ1) is 18.9. The molecule has 1 amide bonds. The highest BCUT2D eigenvalue weighted by Gasteiger charge is 2.25. The van der Waals surface area contributed by atoms with Crippen LogP contribution in [0.3, 0.4) is 0 Å². The van der Waals surface area contributed by atoms with Crippen LogP contribution in [-0.4, -0.2) is 37.1 Å². The van der Waals surface area contributed by atoms with Crippen molar-refractivity contribution in [1.82, 2.24) is 10.6 Å². The van der Waals surface area contributed by atoms with Crippen LogP contribution >= 0.6 is 0 Å². The Balaban J connectivity index is 4.46. The third-order valence-electron chi connectivity index (χ3n) is 3.15. The lowest BCUT2D eigenvalue weighted by molar-refractivity contribution is -0.144. The molecule has 5 heteroatoms. The summed E-state index contributed by atoms with van der Waals surface area (Å²) in [7, 11) is 1.37. The molecule has 0 heterocycles. The first-order chi connectivity index (χ1) is 9.31. The van der Waals surface area contributed by atoms with Crippen LogP contribution in [0.5, 0.6) is 0 Å². The highest BCUT2D eigenvalue weighted by Crippen LogP contribution is 2.07. The molecule has 0 rings (SSSR count). The van der Waals surface area contributed by atoms with Gasteiger partial charge in [0.05, 0.1) is 13.2 Å². The number of amides is 1. The topological polar surface area (TPSA) is 67.4 Å². The van der Waals surface area contributed by atoms with E-state index in [0.29, 0.717) is 12.3 Å². The number of carbonyl (C=O) groups is 2. The fraction of sp³-hybridized carbons (Fsp3) is 0.867. The molecule has 0 aromatic rings. The third-order valence-corrected chi connectivity index (χ3v) is 3.15. The number of esters is 1. The predicted octanol–water partition coefficient (Wildman–Crippen LogP) is 1.86. The van der Waals surface area contributed by atoms with Gasteiger partial charge in [-0.2, -0.15) is 0 Å². The van der Waals surface area contributed by atoms with E-state index in [2.05, 4.69) is 17.6 Å². The normalized spacial score (nSPS) is 15.6. The molecule has 118 valence electrons. The summed E-state index contributed by atoms with van der Waals surface area (Å²) < 4.78 is 4.78. The zero-order valence-electron chi connectivity index (χ0n) is 13.7. The van der Waals surface area contributed by atoms with E-state index in [1.165, 1.54) is 7.11 Å². The van der Waals surface area contributed by atoms with Gasteiger partial charge in [-0.05, 0) is 32.6 Å². The fourth-order valence-electron chi connectivity index (χ4n) is 2.10. The maximum atomic E-state index is 12.0. The van der Waals surface area contributed by atoms with E-state index in [1.54, 1.807) is 6.92 Å². The second kappa shape index (κ2) is 9.75. The van der Waals surface area contributed by atoms with E-state index in [9.17, 15) is 9.59 Å². The molecule has 0 bridgehead atoms. The Morgan fingerprint density at radius 1 is 1.15 bits per heavy atom. The Kier molecular flexibility index (Phi) is 9.21. The molecule has 0 fully saturated rings. The van der Waals surface area contributed by atoms with Gasteiger partial charge in [-0.1, -0.05) is 27.2 Å². The van der Waals surface area contributed by atoms with Crippen LogP contribution in [0.15, 0.2) is 0 Å². The molecule has 0 radical (unpaired) electrons. The fourth-order valence-corrected chi connectivity index (χ4v) is 2.10. The summed E-state index contributed by atoms with van der Waals surface area (Å²) in [5.41, 5.74) is 0. The van der Waals surface area contributed by atoms with Gasteiger partial charge in [0.15, 0.2) is 0 Å². The second-order valence-electron chi connectivity index (χ2n) is 5.79. The Morgan fingerprint density at radius 3 is 2.20 bits per heavy atom. The van der Waals surface area contributed by atoms with Gasteiger partial charge >= 0.3 is 5.97 Å². The lowest BCUT2D eigenvalue weighted by Crippen LogP contribution is -2.51. The molecule has 0 aromatic carbocycles. The zero-order valence-corrected chi connectivity index (χ0v) is 13.7. The molecule has 0 aromatic heterocycles. The molecular formula is C15H30N2O3. The molecule has 0 saturated heterocycles. The van der Waals surface area contributed by atoms with Crippen molar-refractivity contribution in [2.45, 2.75) is 72.0 Å². The Labute approximate surface area is 122 Å². The van der Waals surface area contributed by atoms with Crippen LogP contribution in [-0.2, 0) is 14.3 Å². The van der Waals surface area contributed by atoms with Gasteiger partial charge in [0, 0.05) is 6.04 Å². The van der Waals surface area contributed by atoms with Gasteiger partial charge in [0.2, 0.25) is 5.91 Å². The van der Waals surface area contributed by atoms with Crippen molar-refractivity contribution in [3.63, 3.8) is 0 Å². The highest BCUT2D eigenvalue weighted by atomic mass is 16.5. The van der Waals surface area contributed by atoms with Gasteiger partial charge in [0.25, 0.3) is 0 Å². The van der Waals surface area contributed by atoms with Gasteiger partial charge in [-0.3, -0.25) is 14.9 Å². The van der Waals surface area contributed by atoms with Crippen molar-refractivity contribution >= 4 is 11.9 Å². The molecule has 0 saturated carbocycles. The summed E-state index contributed by atoms with van der Waals surface area (Å²) >= 11 is 0. The first-order valence-electron chi connectivity index (χ1n) is 7.46. The molecule has 0 aliphatic heterocycles. The van der Waals surface area contributed by atoms with Gasteiger partial charge in [-0.15, -0.1) is 0 Å². The van der Waals surface area contributed by atoms with Crippen LogP contribution in [0.4, 0.5) is 0 Å². The third kappa shape index (κ3) is 7.48. The van der Waals surface area contributed by atoms with E-state index in [1.807, 2.05) is 20.8 Å². The molecular weight excluding hydrogens is 256 g/mol. The van der Waals surface area contributed by atoms with Crippen molar-refractivity contribution in [2.75, 3.05) is 7.11 Å². The van der Waals surface area contributed by atoms with Crippen LogP contribution in [0.2, 0.25) is 0 Å². The quantitative estimate of drug-likeness (QED) is 0.635. The monoisotopic (exact) mass is 286 g/mol. The number of carbonyl (C=O) groups excluding carboxylic acids is 2. The molecule has 5 nitrogen and oxygen atoms in total. The van der Waals surface area contributed by atoms with Crippen LogP contribution in [0, 0.1) is 5.92 Å². The average molecular weight is 286 g/mol. The van der Waals surface area contributed by atoms with Gasteiger partial charge in [-0.25, -0.2) is 0 Å². The maximum absolute atomic E-state index is 12.0. The predicted molar refractivity (Wildman–Crippen MR) is 80.4 cm³/mol. The lowest BCUT2D eigenvalue weighted by Gasteiger charge is -2.23. The SMILES string of the molecule is CCCC(C)NC(=O)C(C)NC(CC(C)C)C(=O)OC. The number of rotatable bonds is 9.